The van der Waals surface area contributed by atoms with E-state index in [9.17, 15) is 9.59 Å². The largest absolute Gasteiger partial charge is 0.481 e. The zero-order valence-electron chi connectivity index (χ0n) is 19.6. The van der Waals surface area contributed by atoms with Gasteiger partial charge in [-0.1, -0.05) is 49.7 Å². The lowest BCUT2D eigenvalue weighted by Crippen LogP contribution is -2.41. The van der Waals surface area contributed by atoms with Gasteiger partial charge in [-0.3, -0.25) is 9.59 Å². The van der Waals surface area contributed by atoms with Crippen molar-refractivity contribution >= 4 is 11.8 Å². The third-order valence-electron chi connectivity index (χ3n) is 6.28. The second kappa shape index (κ2) is 9.35. The minimum Gasteiger partial charge on any atom is -0.481 e. The van der Waals surface area contributed by atoms with Crippen LogP contribution in [0.2, 0.25) is 0 Å². The SMILES string of the molecule is Cc1cccc([C@@H]2c3cc(O[C@@H](C)C(=O)NCC(C)C)ccc3CCN2C(=O)C2CC2)c1. The summed E-state index contributed by atoms with van der Waals surface area (Å²) in [6.45, 7) is 9.34. The summed E-state index contributed by atoms with van der Waals surface area (Å²) in [6.07, 6.45) is 2.24. The van der Waals surface area contributed by atoms with Crippen molar-refractivity contribution in [2.24, 2.45) is 11.8 Å². The fourth-order valence-corrected chi connectivity index (χ4v) is 4.37. The number of carbonyl (C=O) groups excluding carboxylic acids is 2. The Labute approximate surface area is 191 Å². The quantitative estimate of drug-likeness (QED) is 0.702. The highest BCUT2D eigenvalue weighted by molar-refractivity contribution is 5.82. The van der Waals surface area contributed by atoms with E-state index in [4.69, 9.17) is 4.74 Å². The van der Waals surface area contributed by atoms with Gasteiger partial charge in [0.25, 0.3) is 5.91 Å². The smallest absolute Gasteiger partial charge is 0.260 e. The first-order valence-electron chi connectivity index (χ1n) is 11.8. The van der Waals surface area contributed by atoms with Gasteiger partial charge in [0.1, 0.15) is 5.75 Å². The second-order valence-electron chi connectivity index (χ2n) is 9.63. The maximum atomic E-state index is 13.2. The summed E-state index contributed by atoms with van der Waals surface area (Å²) in [7, 11) is 0. The fraction of sp³-hybridized carbons (Fsp3) is 0.481. The number of nitrogens with zero attached hydrogens (tertiary/aromatic N) is 1. The van der Waals surface area contributed by atoms with Crippen molar-refractivity contribution in [2.75, 3.05) is 13.1 Å². The predicted molar refractivity (Wildman–Crippen MR) is 126 cm³/mol. The topological polar surface area (TPSA) is 58.6 Å². The summed E-state index contributed by atoms with van der Waals surface area (Å²) in [6, 6.07) is 14.3. The molecule has 170 valence electrons. The highest BCUT2D eigenvalue weighted by Gasteiger charge is 2.39. The van der Waals surface area contributed by atoms with E-state index < -0.39 is 6.10 Å². The van der Waals surface area contributed by atoms with Crippen LogP contribution in [-0.2, 0) is 16.0 Å². The molecule has 4 rings (SSSR count). The summed E-state index contributed by atoms with van der Waals surface area (Å²) in [5, 5.41) is 2.93. The van der Waals surface area contributed by atoms with Crippen molar-refractivity contribution in [1.82, 2.24) is 10.2 Å². The molecule has 5 heteroatoms. The first-order chi connectivity index (χ1) is 15.3. The molecule has 1 heterocycles. The Morgan fingerprint density at radius 2 is 1.91 bits per heavy atom. The first-order valence-corrected chi connectivity index (χ1v) is 11.8. The Morgan fingerprint density at radius 3 is 2.59 bits per heavy atom. The fourth-order valence-electron chi connectivity index (χ4n) is 4.37. The van der Waals surface area contributed by atoms with Crippen LogP contribution >= 0.6 is 0 Å². The van der Waals surface area contributed by atoms with E-state index in [0.717, 1.165) is 36.9 Å². The monoisotopic (exact) mass is 434 g/mol. The lowest BCUT2D eigenvalue weighted by atomic mass is 9.87. The van der Waals surface area contributed by atoms with Gasteiger partial charge in [0.15, 0.2) is 6.10 Å². The number of amides is 2. The molecule has 2 amide bonds. The molecule has 1 saturated carbocycles. The number of aryl methyl sites for hydroxylation is 1. The van der Waals surface area contributed by atoms with Crippen LogP contribution in [0.1, 0.15) is 61.9 Å². The number of rotatable bonds is 7. The predicted octanol–water partition coefficient (Wildman–Crippen LogP) is 4.42. The van der Waals surface area contributed by atoms with Gasteiger partial charge in [0.2, 0.25) is 5.91 Å². The van der Waals surface area contributed by atoms with E-state index in [1.165, 1.54) is 11.1 Å². The molecule has 2 atom stereocenters. The maximum absolute atomic E-state index is 13.2. The second-order valence-corrected chi connectivity index (χ2v) is 9.63. The normalized spacial score (nSPS) is 18.8. The first kappa shape index (κ1) is 22.4. The van der Waals surface area contributed by atoms with Gasteiger partial charge in [-0.05, 0) is 67.9 Å². The molecule has 2 aromatic rings. The molecule has 1 aliphatic carbocycles. The van der Waals surface area contributed by atoms with Gasteiger partial charge in [-0.25, -0.2) is 0 Å². The third kappa shape index (κ3) is 4.98. The summed E-state index contributed by atoms with van der Waals surface area (Å²) in [5.41, 5.74) is 4.64. The molecule has 0 bridgehead atoms. The van der Waals surface area contributed by atoms with Crippen molar-refractivity contribution in [3.05, 3.63) is 64.7 Å². The van der Waals surface area contributed by atoms with Gasteiger partial charge in [0.05, 0.1) is 6.04 Å². The summed E-state index contributed by atoms with van der Waals surface area (Å²) in [5.74, 6) is 1.37. The van der Waals surface area contributed by atoms with Crippen molar-refractivity contribution < 1.29 is 14.3 Å². The minimum absolute atomic E-state index is 0.114. The number of carbonyl (C=O) groups is 2. The number of benzene rings is 2. The van der Waals surface area contributed by atoms with E-state index in [1.54, 1.807) is 6.92 Å². The minimum atomic E-state index is -0.586. The van der Waals surface area contributed by atoms with E-state index in [-0.39, 0.29) is 23.8 Å². The molecular weight excluding hydrogens is 400 g/mol. The molecule has 2 aromatic carbocycles. The Balaban J connectivity index is 1.63. The summed E-state index contributed by atoms with van der Waals surface area (Å²) in [4.78, 5) is 27.6. The van der Waals surface area contributed by atoms with Gasteiger partial charge < -0.3 is 15.0 Å². The van der Waals surface area contributed by atoms with Gasteiger partial charge >= 0.3 is 0 Å². The van der Waals surface area contributed by atoms with Crippen LogP contribution in [0, 0.1) is 18.8 Å². The van der Waals surface area contributed by atoms with E-state index >= 15 is 0 Å². The number of hydrogen-bond donors (Lipinski definition) is 1. The third-order valence-corrected chi connectivity index (χ3v) is 6.28. The van der Waals surface area contributed by atoms with E-state index in [1.807, 2.05) is 12.1 Å². The van der Waals surface area contributed by atoms with Crippen molar-refractivity contribution in [1.29, 1.82) is 0 Å². The number of hydrogen-bond acceptors (Lipinski definition) is 3. The highest BCUT2D eigenvalue weighted by atomic mass is 16.5. The number of nitrogens with one attached hydrogen (secondary N) is 1. The standard InChI is InChI=1S/C27H34N2O3/c1-17(2)16-28-26(30)19(4)32-23-11-10-20-12-13-29(27(31)21-8-9-21)25(24(20)15-23)22-7-5-6-18(3)14-22/h5-7,10-11,14-15,17,19,21,25H,8-9,12-13,16H2,1-4H3,(H,28,30)/t19-,25+/m0/s1. The molecule has 0 radical (unpaired) electrons. The van der Waals surface area contributed by atoms with Crippen molar-refractivity contribution in [2.45, 2.75) is 59.1 Å². The van der Waals surface area contributed by atoms with Crippen LogP contribution in [0.25, 0.3) is 0 Å². The zero-order valence-corrected chi connectivity index (χ0v) is 19.6. The Morgan fingerprint density at radius 1 is 1.12 bits per heavy atom. The van der Waals surface area contributed by atoms with Gasteiger partial charge in [-0.2, -0.15) is 0 Å². The van der Waals surface area contributed by atoms with Crippen molar-refractivity contribution in [3.8, 4) is 5.75 Å². The Kier molecular flexibility index (Phi) is 6.54. The highest BCUT2D eigenvalue weighted by Crippen LogP contribution is 2.41. The van der Waals surface area contributed by atoms with Crippen LogP contribution < -0.4 is 10.1 Å². The number of fused-ring (bicyclic) bond motifs is 1. The van der Waals surface area contributed by atoms with Crippen LogP contribution in [0.3, 0.4) is 0 Å². The Bertz CT molecular complexity index is 996. The lowest BCUT2D eigenvalue weighted by molar-refractivity contribution is -0.134. The molecule has 1 fully saturated rings. The lowest BCUT2D eigenvalue weighted by Gasteiger charge is -2.38. The average Bonchev–Trinajstić information content (AvgIpc) is 3.61. The molecule has 1 aliphatic heterocycles. The maximum Gasteiger partial charge on any atom is 0.260 e. The van der Waals surface area contributed by atoms with Crippen LogP contribution in [-0.4, -0.2) is 35.9 Å². The van der Waals surface area contributed by atoms with Crippen LogP contribution in [0.4, 0.5) is 0 Å². The van der Waals surface area contributed by atoms with Gasteiger partial charge in [0, 0.05) is 19.0 Å². The Hall–Kier alpha value is -2.82. The zero-order chi connectivity index (χ0) is 22.8. The average molecular weight is 435 g/mol. The molecule has 1 N–H and O–H groups in total. The molecule has 0 spiro atoms. The molecule has 2 aliphatic rings. The molecular formula is C27H34N2O3. The van der Waals surface area contributed by atoms with Crippen LogP contribution in [0.15, 0.2) is 42.5 Å². The van der Waals surface area contributed by atoms with Crippen LogP contribution in [0.5, 0.6) is 5.75 Å². The summed E-state index contributed by atoms with van der Waals surface area (Å²) < 4.78 is 6.02. The molecule has 0 unspecified atom stereocenters. The van der Waals surface area contributed by atoms with E-state index in [0.29, 0.717) is 18.2 Å². The van der Waals surface area contributed by atoms with Gasteiger partial charge in [-0.15, -0.1) is 0 Å². The number of ether oxygens (including phenoxy) is 1. The molecule has 0 saturated heterocycles. The van der Waals surface area contributed by atoms with E-state index in [2.05, 4.69) is 61.3 Å². The summed E-state index contributed by atoms with van der Waals surface area (Å²) >= 11 is 0. The molecule has 32 heavy (non-hydrogen) atoms. The molecule has 0 aromatic heterocycles. The molecule has 5 nitrogen and oxygen atoms in total. The van der Waals surface area contributed by atoms with Crippen molar-refractivity contribution in [3.63, 3.8) is 0 Å².